The molecule has 0 bridgehead atoms. The molecule has 0 fully saturated rings. The van der Waals surface area contributed by atoms with Crippen molar-refractivity contribution >= 4 is 0 Å². The van der Waals surface area contributed by atoms with Crippen molar-refractivity contribution < 1.29 is 9.50 Å². The van der Waals surface area contributed by atoms with Gasteiger partial charge in [-0.25, -0.2) is 4.39 Å². The van der Waals surface area contributed by atoms with Gasteiger partial charge in [-0.2, -0.15) is 0 Å². The van der Waals surface area contributed by atoms with Gasteiger partial charge in [0.25, 0.3) is 0 Å². The summed E-state index contributed by atoms with van der Waals surface area (Å²) < 4.78 is 13.6. The molecule has 1 aromatic carbocycles. The van der Waals surface area contributed by atoms with Crippen molar-refractivity contribution in [3.05, 3.63) is 29.1 Å². The number of phenolic OH excluding ortho intramolecular Hbond substituents is 1. The Bertz CT molecular complexity index is 365. The van der Waals surface area contributed by atoms with Gasteiger partial charge in [0, 0.05) is 6.07 Å². The fourth-order valence-corrected chi connectivity index (χ4v) is 2.45. The molecule has 3 N–H and O–H groups in total. The van der Waals surface area contributed by atoms with Crippen LogP contribution in [0.15, 0.2) is 12.1 Å². The Balaban J connectivity index is 2.25. The highest BCUT2D eigenvalue weighted by Gasteiger charge is 2.25. The van der Waals surface area contributed by atoms with Crippen LogP contribution in [0.4, 0.5) is 4.39 Å². The minimum Gasteiger partial charge on any atom is -0.508 e. The van der Waals surface area contributed by atoms with Crippen LogP contribution in [0.2, 0.25) is 0 Å². The molecule has 0 saturated heterocycles. The SMILES string of the molecule is NCCCC1CCc2cc(O)cc(F)c21. The van der Waals surface area contributed by atoms with Crippen molar-refractivity contribution in [2.24, 2.45) is 5.73 Å². The lowest BCUT2D eigenvalue weighted by Crippen LogP contribution is -2.03. The lowest BCUT2D eigenvalue weighted by molar-refractivity contribution is 0.466. The van der Waals surface area contributed by atoms with Gasteiger partial charge in [0.15, 0.2) is 0 Å². The second-order valence-electron chi connectivity index (χ2n) is 4.17. The van der Waals surface area contributed by atoms with E-state index in [1.165, 1.54) is 6.07 Å². The van der Waals surface area contributed by atoms with Gasteiger partial charge in [0.2, 0.25) is 0 Å². The number of hydrogen-bond acceptors (Lipinski definition) is 2. The highest BCUT2D eigenvalue weighted by molar-refractivity contribution is 5.41. The van der Waals surface area contributed by atoms with Crippen LogP contribution in [0.5, 0.6) is 5.75 Å². The fraction of sp³-hybridized carbons (Fsp3) is 0.500. The van der Waals surface area contributed by atoms with Gasteiger partial charge >= 0.3 is 0 Å². The molecule has 0 spiro atoms. The Hall–Kier alpha value is -1.09. The second-order valence-corrected chi connectivity index (χ2v) is 4.17. The molecule has 0 aromatic heterocycles. The maximum atomic E-state index is 13.6. The van der Waals surface area contributed by atoms with Gasteiger partial charge in [-0.15, -0.1) is 0 Å². The van der Waals surface area contributed by atoms with E-state index >= 15 is 0 Å². The first-order valence-electron chi connectivity index (χ1n) is 5.43. The summed E-state index contributed by atoms with van der Waals surface area (Å²) in [6.45, 7) is 0.658. The standard InChI is InChI=1S/C12H16FNO/c13-11-7-10(15)6-9-4-3-8(12(9)11)2-1-5-14/h6-8,15H,1-5,14H2. The molecular weight excluding hydrogens is 193 g/mol. The van der Waals surface area contributed by atoms with Crippen LogP contribution in [-0.2, 0) is 6.42 Å². The maximum Gasteiger partial charge on any atom is 0.130 e. The van der Waals surface area contributed by atoms with Crippen molar-refractivity contribution in [2.75, 3.05) is 6.54 Å². The van der Waals surface area contributed by atoms with Crippen molar-refractivity contribution in [3.63, 3.8) is 0 Å². The van der Waals surface area contributed by atoms with Gasteiger partial charge in [0.05, 0.1) is 0 Å². The van der Waals surface area contributed by atoms with Crippen molar-refractivity contribution in [3.8, 4) is 5.75 Å². The van der Waals surface area contributed by atoms with Crippen LogP contribution in [-0.4, -0.2) is 11.7 Å². The van der Waals surface area contributed by atoms with E-state index in [2.05, 4.69) is 0 Å². The zero-order valence-corrected chi connectivity index (χ0v) is 8.67. The molecule has 1 aliphatic carbocycles. The first-order chi connectivity index (χ1) is 7.22. The third kappa shape index (κ3) is 1.97. The van der Waals surface area contributed by atoms with Crippen molar-refractivity contribution in [2.45, 2.75) is 31.6 Å². The smallest absolute Gasteiger partial charge is 0.130 e. The van der Waals surface area contributed by atoms with E-state index in [9.17, 15) is 9.50 Å². The van der Waals surface area contributed by atoms with Crippen molar-refractivity contribution in [1.82, 2.24) is 0 Å². The number of nitrogens with two attached hydrogens (primary N) is 1. The molecular formula is C12H16FNO. The minimum absolute atomic E-state index is 0.0331. The van der Waals surface area contributed by atoms with E-state index in [0.717, 1.165) is 36.8 Å². The van der Waals surface area contributed by atoms with Gasteiger partial charge in [0.1, 0.15) is 11.6 Å². The molecule has 1 atom stereocenters. The average Bonchev–Trinajstić information content (AvgIpc) is 2.58. The van der Waals surface area contributed by atoms with E-state index < -0.39 is 0 Å². The average molecular weight is 209 g/mol. The van der Waals surface area contributed by atoms with E-state index in [1.54, 1.807) is 6.07 Å². The number of phenols is 1. The number of benzene rings is 1. The van der Waals surface area contributed by atoms with Crippen LogP contribution < -0.4 is 5.73 Å². The highest BCUT2D eigenvalue weighted by atomic mass is 19.1. The largest absolute Gasteiger partial charge is 0.508 e. The molecule has 1 unspecified atom stereocenters. The lowest BCUT2D eigenvalue weighted by atomic mass is 9.95. The fourth-order valence-electron chi connectivity index (χ4n) is 2.45. The molecule has 1 aromatic rings. The first-order valence-corrected chi connectivity index (χ1v) is 5.43. The Morgan fingerprint density at radius 3 is 3.00 bits per heavy atom. The molecule has 15 heavy (non-hydrogen) atoms. The number of hydrogen-bond donors (Lipinski definition) is 2. The number of aryl methyl sites for hydroxylation is 1. The monoisotopic (exact) mass is 209 g/mol. The summed E-state index contributed by atoms with van der Waals surface area (Å²) in [5.74, 6) is 0.0689. The molecule has 0 aliphatic heterocycles. The Morgan fingerprint density at radius 1 is 1.47 bits per heavy atom. The summed E-state index contributed by atoms with van der Waals surface area (Å²) in [6.07, 6.45) is 3.74. The topological polar surface area (TPSA) is 46.2 Å². The summed E-state index contributed by atoms with van der Waals surface area (Å²) in [6, 6.07) is 2.89. The quantitative estimate of drug-likeness (QED) is 0.802. The molecule has 0 amide bonds. The molecule has 0 saturated carbocycles. The predicted molar refractivity (Wildman–Crippen MR) is 57.4 cm³/mol. The number of rotatable bonds is 3. The zero-order chi connectivity index (χ0) is 10.8. The van der Waals surface area contributed by atoms with E-state index in [1.807, 2.05) is 0 Å². The molecule has 82 valence electrons. The Kier molecular flexibility index (Phi) is 2.91. The third-order valence-electron chi connectivity index (χ3n) is 3.13. The van der Waals surface area contributed by atoms with E-state index in [0.29, 0.717) is 12.5 Å². The summed E-state index contributed by atoms with van der Waals surface area (Å²) in [4.78, 5) is 0. The summed E-state index contributed by atoms with van der Waals surface area (Å²) >= 11 is 0. The number of halogens is 1. The van der Waals surface area contributed by atoms with Crippen LogP contribution in [0.25, 0.3) is 0 Å². The summed E-state index contributed by atoms with van der Waals surface area (Å²) in [5.41, 5.74) is 7.23. The van der Waals surface area contributed by atoms with Crippen LogP contribution >= 0.6 is 0 Å². The van der Waals surface area contributed by atoms with Crippen molar-refractivity contribution in [1.29, 1.82) is 0 Å². The van der Waals surface area contributed by atoms with Crippen LogP contribution in [0, 0.1) is 5.82 Å². The normalized spacial score (nSPS) is 19.2. The zero-order valence-electron chi connectivity index (χ0n) is 8.67. The lowest BCUT2D eigenvalue weighted by Gasteiger charge is -2.11. The molecule has 0 radical (unpaired) electrons. The molecule has 1 aliphatic rings. The molecule has 2 nitrogen and oxygen atoms in total. The number of fused-ring (bicyclic) bond motifs is 1. The van der Waals surface area contributed by atoms with Crippen LogP contribution in [0.3, 0.4) is 0 Å². The van der Waals surface area contributed by atoms with Gasteiger partial charge in [-0.3, -0.25) is 0 Å². The third-order valence-corrected chi connectivity index (χ3v) is 3.13. The second kappa shape index (κ2) is 4.19. The highest BCUT2D eigenvalue weighted by Crippen LogP contribution is 2.39. The summed E-state index contributed by atoms with van der Waals surface area (Å²) in [5, 5.41) is 9.28. The first kappa shape index (κ1) is 10.4. The van der Waals surface area contributed by atoms with Gasteiger partial charge < -0.3 is 10.8 Å². The Morgan fingerprint density at radius 2 is 2.27 bits per heavy atom. The van der Waals surface area contributed by atoms with E-state index in [-0.39, 0.29) is 11.6 Å². The molecule has 2 rings (SSSR count). The van der Waals surface area contributed by atoms with E-state index in [4.69, 9.17) is 5.73 Å². The Labute approximate surface area is 88.9 Å². The minimum atomic E-state index is -0.260. The molecule has 3 heteroatoms. The molecule has 0 heterocycles. The predicted octanol–water partition coefficient (Wildman–Crippen LogP) is 2.30. The number of aromatic hydroxyl groups is 1. The van der Waals surface area contributed by atoms with Gasteiger partial charge in [-0.1, -0.05) is 0 Å². The maximum absolute atomic E-state index is 13.6. The summed E-state index contributed by atoms with van der Waals surface area (Å²) in [7, 11) is 0. The van der Waals surface area contributed by atoms with Crippen LogP contribution in [0.1, 0.15) is 36.3 Å². The van der Waals surface area contributed by atoms with Gasteiger partial charge in [-0.05, 0) is 55.3 Å².